The number of allylic oxidation sites excluding steroid dienone is 6. The highest BCUT2D eigenvalue weighted by Crippen LogP contribution is 2.41. The average molecular weight is 486 g/mol. The highest BCUT2D eigenvalue weighted by atomic mass is 16.5. The van der Waals surface area contributed by atoms with Gasteiger partial charge in [0, 0.05) is 29.9 Å². The first-order valence-corrected chi connectivity index (χ1v) is 12.9. The number of hydrogen-bond donors (Lipinski definition) is 0. The lowest BCUT2D eigenvalue weighted by Gasteiger charge is -2.43. The Kier molecular flexibility index (Phi) is 6.05. The van der Waals surface area contributed by atoms with E-state index in [1.807, 2.05) is 30.4 Å². The van der Waals surface area contributed by atoms with Crippen LogP contribution in [0.25, 0.3) is 22.5 Å². The van der Waals surface area contributed by atoms with Gasteiger partial charge in [0.2, 0.25) is 0 Å². The molecule has 0 N–H and O–H groups in total. The van der Waals surface area contributed by atoms with Crippen LogP contribution in [-0.4, -0.2) is 13.1 Å². The summed E-state index contributed by atoms with van der Waals surface area (Å²) in [6, 6.07) is 23.7. The molecule has 0 atom stereocenters. The van der Waals surface area contributed by atoms with Gasteiger partial charge in [-0.05, 0) is 72.7 Å². The van der Waals surface area contributed by atoms with Crippen LogP contribution in [0.15, 0.2) is 116 Å². The van der Waals surface area contributed by atoms with Crippen LogP contribution < -0.4 is 14.4 Å². The quantitative estimate of drug-likeness (QED) is 0.327. The molecule has 3 aromatic rings. The van der Waals surface area contributed by atoms with Crippen molar-refractivity contribution in [2.45, 2.75) is 25.3 Å². The van der Waals surface area contributed by atoms with Gasteiger partial charge in [0.15, 0.2) is 0 Å². The minimum Gasteiger partial charge on any atom is -0.464 e. The van der Waals surface area contributed by atoms with Gasteiger partial charge in [0.25, 0.3) is 0 Å². The molecule has 184 valence electrons. The van der Waals surface area contributed by atoms with E-state index in [4.69, 9.17) is 9.47 Å². The molecule has 0 radical (unpaired) electrons. The second-order valence-electron chi connectivity index (χ2n) is 10.0. The molecule has 37 heavy (non-hydrogen) atoms. The fourth-order valence-corrected chi connectivity index (χ4v) is 5.29. The van der Waals surface area contributed by atoms with Crippen LogP contribution in [0.1, 0.15) is 30.4 Å². The summed E-state index contributed by atoms with van der Waals surface area (Å²) in [4.78, 5) is 2.39. The Bertz CT molecular complexity index is 1450. The zero-order valence-corrected chi connectivity index (χ0v) is 21.2. The summed E-state index contributed by atoms with van der Waals surface area (Å²) in [5.74, 6) is 3.29. The summed E-state index contributed by atoms with van der Waals surface area (Å²) in [7, 11) is 2.19. The topological polar surface area (TPSA) is 21.7 Å². The number of ether oxygens (including phenoxy) is 2. The third kappa shape index (κ3) is 4.42. The molecular formula is C34H31NO2. The molecule has 3 aliphatic rings. The van der Waals surface area contributed by atoms with E-state index in [9.17, 15) is 0 Å². The molecule has 1 saturated carbocycles. The number of rotatable bonds is 6. The molecular weight excluding hydrogens is 454 g/mol. The van der Waals surface area contributed by atoms with Crippen LogP contribution in [0.5, 0.6) is 11.5 Å². The minimum absolute atomic E-state index is 0.519. The highest BCUT2D eigenvalue weighted by molar-refractivity contribution is 5.82. The number of anilines is 1. The van der Waals surface area contributed by atoms with Crippen LogP contribution in [0.2, 0.25) is 0 Å². The van der Waals surface area contributed by atoms with Crippen molar-refractivity contribution in [3.63, 3.8) is 0 Å². The van der Waals surface area contributed by atoms with Gasteiger partial charge in [-0.1, -0.05) is 73.3 Å². The van der Waals surface area contributed by atoms with Gasteiger partial charge in [0.1, 0.15) is 17.3 Å². The summed E-state index contributed by atoms with van der Waals surface area (Å²) in [5.41, 5.74) is 7.99. The predicted octanol–water partition coefficient (Wildman–Crippen LogP) is 8.42. The van der Waals surface area contributed by atoms with Crippen LogP contribution in [0.4, 0.5) is 5.69 Å². The maximum atomic E-state index is 5.97. The van der Waals surface area contributed by atoms with Crippen molar-refractivity contribution in [3.8, 4) is 22.6 Å². The Morgan fingerprint density at radius 3 is 2.51 bits per heavy atom. The van der Waals surface area contributed by atoms with E-state index < -0.39 is 0 Å². The first-order chi connectivity index (χ1) is 18.1. The minimum atomic E-state index is 0.519. The Balaban J connectivity index is 1.07. The molecule has 2 aliphatic heterocycles. The Morgan fingerprint density at radius 1 is 0.946 bits per heavy atom. The van der Waals surface area contributed by atoms with E-state index in [0.717, 1.165) is 58.8 Å². The molecule has 3 nitrogen and oxygen atoms in total. The van der Waals surface area contributed by atoms with Crippen LogP contribution in [-0.2, 0) is 0 Å². The third-order valence-electron chi connectivity index (χ3n) is 7.74. The Hall–Kier alpha value is -4.24. The summed E-state index contributed by atoms with van der Waals surface area (Å²) < 4.78 is 11.7. The molecule has 2 heterocycles. The number of hydrogen-bond acceptors (Lipinski definition) is 3. The SMILES string of the molecule is C=C1CC=COc2c1cccc2-c1ccc(N(C)C2CC(C(=C)/C=C\C=C3/Oc4ccccc43)C2)cc1. The number of para-hydroxylation sites is 2. The van der Waals surface area contributed by atoms with Gasteiger partial charge < -0.3 is 14.4 Å². The van der Waals surface area contributed by atoms with Crippen molar-refractivity contribution in [1.82, 2.24) is 0 Å². The lowest BCUT2D eigenvalue weighted by atomic mass is 9.75. The molecule has 1 aliphatic carbocycles. The average Bonchev–Trinajstić information content (AvgIpc) is 3.07. The molecule has 0 saturated heterocycles. The fourth-order valence-electron chi connectivity index (χ4n) is 5.29. The first kappa shape index (κ1) is 23.2. The number of fused-ring (bicyclic) bond motifs is 2. The summed E-state index contributed by atoms with van der Waals surface area (Å²) in [6.07, 6.45) is 13.0. The lowest BCUT2D eigenvalue weighted by Crippen LogP contribution is -2.43. The second-order valence-corrected chi connectivity index (χ2v) is 10.0. The third-order valence-corrected chi connectivity index (χ3v) is 7.74. The number of benzene rings is 3. The smallest absolute Gasteiger partial charge is 0.141 e. The van der Waals surface area contributed by atoms with Gasteiger partial charge in [-0.25, -0.2) is 0 Å². The zero-order chi connectivity index (χ0) is 25.4. The first-order valence-electron chi connectivity index (χ1n) is 12.9. The fraction of sp³-hybridized carbons (Fsp3) is 0.176. The summed E-state index contributed by atoms with van der Waals surface area (Å²) in [6.45, 7) is 8.55. The van der Waals surface area contributed by atoms with Crippen molar-refractivity contribution < 1.29 is 9.47 Å². The van der Waals surface area contributed by atoms with Crippen LogP contribution in [0.3, 0.4) is 0 Å². The Morgan fingerprint density at radius 2 is 1.70 bits per heavy atom. The zero-order valence-electron chi connectivity index (χ0n) is 21.2. The van der Waals surface area contributed by atoms with Crippen molar-refractivity contribution in [2.75, 3.05) is 11.9 Å². The van der Waals surface area contributed by atoms with Crippen LogP contribution >= 0.6 is 0 Å². The van der Waals surface area contributed by atoms with Gasteiger partial charge in [-0.15, -0.1) is 0 Å². The largest absolute Gasteiger partial charge is 0.464 e. The molecule has 0 bridgehead atoms. The van der Waals surface area contributed by atoms with Crippen LogP contribution in [0, 0.1) is 5.92 Å². The molecule has 3 heteroatoms. The van der Waals surface area contributed by atoms with E-state index in [0.29, 0.717) is 12.0 Å². The van der Waals surface area contributed by atoms with Gasteiger partial charge in [-0.3, -0.25) is 0 Å². The molecule has 0 amide bonds. The van der Waals surface area contributed by atoms with E-state index in [2.05, 4.69) is 85.8 Å². The van der Waals surface area contributed by atoms with E-state index in [-0.39, 0.29) is 0 Å². The molecule has 6 rings (SSSR count). The van der Waals surface area contributed by atoms with Gasteiger partial charge in [0.05, 0.1) is 11.8 Å². The molecule has 0 spiro atoms. The lowest BCUT2D eigenvalue weighted by molar-refractivity contribution is 0.304. The maximum Gasteiger partial charge on any atom is 0.141 e. The normalized spacial score (nSPS) is 20.7. The van der Waals surface area contributed by atoms with Crippen molar-refractivity contribution in [2.24, 2.45) is 5.92 Å². The standard InChI is InChI=1S/C34H31NO2/c1-23(9-6-15-33-31-11-4-5-14-32(31)37-33)26-21-28(22-26)35(3)27-18-16-25(17-19-27)30-13-7-12-29-24(2)10-8-20-36-34(29)30/h4-9,11-20,26,28H,1-2,10,21-22H2,3H3/b9-6-,33-15-. The monoisotopic (exact) mass is 485 g/mol. The highest BCUT2D eigenvalue weighted by Gasteiger charge is 2.33. The van der Waals surface area contributed by atoms with Crippen molar-refractivity contribution in [3.05, 3.63) is 127 Å². The molecule has 3 aromatic carbocycles. The Labute approximate surface area is 219 Å². The summed E-state index contributed by atoms with van der Waals surface area (Å²) >= 11 is 0. The maximum absolute atomic E-state index is 5.97. The number of nitrogens with zero attached hydrogens (tertiary/aromatic N) is 1. The van der Waals surface area contributed by atoms with Crippen molar-refractivity contribution >= 4 is 17.0 Å². The second kappa shape index (κ2) is 9.67. The van der Waals surface area contributed by atoms with E-state index >= 15 is 0 Å². The molecule has 0 unspecified atom stereocenters. The van der Waals surface area contributed by atoms with Gasteiger partial charge in [-0.2, -0.15) is 0 Å². The van der Waals surface area contributed by atoms with Crippen molar-refractivity contribution in [1.29, 1.82) is 0 Å². The van der Waals surface area contributed by atoms with E-state index in [1.165, 1.54) is 16.8 Å². The molecule has 1 fully saturated rings. The molecule has 0 aromatic heterocycles. The summed E-state index contributed by atoms with van der Waals surface area (Å²) in [5, 5.41) is 0. The van der Waals surface area contributed by atoms with Gasteiger partial charge >= 0.3 is 0 Å². The van der Waals surface area contributed by atoms with E-state index in [1.54, 1.807) is 6.26 Å². The predicted molar refractivity (Wildman–Crippen MR) is 154 cm³/mol.